The van der Waals surface area contributed by atoms with E-state index in [9.17, 15) is 4.79 Å². The first-order valence-corrected chi connectivity index (χ1v) is 8.40. The third kappa shape index (κ3) is 2.73. The molecule has 0 unspecified atom stereocenters. The molecule has 23 heavy (non-hydrogen) atoms. The number of carbonyl (C=O) groups is 1. The number of nitrogens with zero attached hydrogens (tertiary/aromatic N) is 2. The van der Waals surface area contributed by atoms with Crippen molar-refractivity contribution in [1.29, 1.82) is 0 Å². The van der Waals surface area contributed by atoms with Crippen molar-refractivity contribution in [2.24, 2.45) is 0 Å². The maximum absolute atomic E-state index is 12.2. The number of urea groups is 1. The number of thiophene rings is 1. The number of nitrogens with one attached hydrogen (secondary N) is 2. The summed E-state index contributed by atoms with van der Waals surface area (Å²) in [6.07, 6.45) is 6.77. The van der Waals surface area contributed by atoms with Gasteiger partial charge in [0, 0.05) is 31.0 Å². The normalized spacial score (nSPS) is 14.8. The van der Waals surface area contributed by atoms with Gasteiger partial charge < -0.3 is 9.88 Å². The highest BCUT2D eigenvalue weighted by Crippen LogP contribution is 2.28. The van der Waals surface area contributed by atoms with Crippen molar-refractivity contribution in [3.05, 3.63) is 53.7 Å². The average molecular weight is 324 g/mol. The van der Waals surface area contributed by atoms with Crippen LogP contribution in [0.2, 0.25) is 0 Å². The number of hydrogen-bond donors (Lipinski definition) is 2. The lowest BCUT2D eigenvalue weighted by Gasteiger charge is -2.26. The van der Waals surface area contributed by atoms with Gasteiger partial charge in [-0.15, -0.1) is 11.3 Å². The van der Waals surface area contributed by atoms with Gasteiger partial charge in [-0.05, 0) is 41.6 Å². The van der Waals surface area contributed by atoms with Crippen LogP contribution in [-0.2, 0) is 0 Å². The van der Waals surface area contributed by atoms with Crippen LogP contribution < -0.4 is 5.32 Å². The number of anilines is 1. The minimum atomic E-state index is -0.0419. The fourth-order valence-corrected chi connectivity index (χ4v) is 3.44. The van der Waals surface area contributed by atoms with Gasteiger partial charge in [-0.3, -0.25) is 10.3 Å². The van der Waals surface area contributed by atoms with Crippen molar-refractivity contribution in [1.82, 2.24) is 14.9 Å². The molecule has 0 fully saturated rings. The Morgan fingerprint density at radius 3 is 3.09 bits per heavy atom. The molecule has 2 amide bonds. The van der Waals surface area contributed by atoms with Gasteiger partial charge in [0.1, 0.15) is 0 Å². The molecule has 1 aliphatic heterocycles. The summed E-state index contributed by atoms with van der Waals surface area (Å²) in [7, 11) is 0. The molecule has 0 saturated carbocycles. The summed E-state index contributed by atoms with van der Waals surface area (Å²) in [5.41, 5.74) is 4.42. The molecular formula is C17H16N4OS. The fourth-order valence-electron chi connectivity index (χ4n) is 2.83. The second-order valence-electron chi connectivity index (χ2n) is 5.43. The van der Waals surface area contributed by atoms with Crippen molar-refractivity contribution in [3.63, 3.8) is 0 Å². The lowest BCUT2D eigenvalue weighted by Crippen LogP contribution is -2.37. The largest absolute Gasteiger partial charge is 0.359 e. The van der Waals surface area contributed by atoms with Gasteiger partial charge in [0.05, 0.1) is 16.0 Å². The maximum atomic E-state index is 12.2. The molecule has 0 saturated heterocycles. The van der Waals surface area contributed by atoms with Gasteiger partial charge >= 0.3 is 6.03 Å². The molecule has 0 atom stereocenters. The lowest BCUT2D eigenvalue weighted by atomic mass is 10.0. The van der Waals surface area contributed by atoms with E-state index in [1.807, 2.05) is 46.9 Å². The molecule has 116 valence electrons. The number of aromatic nitrogens is 2. The van der Waals surface area contributed by atoms with E-state index >= 15 is 0 Å². The highest BCUT2D eigenvalue weighted by Gasteiger charge is 2.19. The summed E-state index contributed by atoms with van der Waals surface area (Å²) in [4.78, 5) is 21.8. The van der Waals surface area contributed by atoms with Crippen LogP contribution in [0.15, 0.2) is 48.1 Å². The number of carbonyl (C=O) groups excluding carboxylic acids is 1. The van der Waals surface area contributed by atoms with Crippen LogP contribution >= 0.6 is 11.3 Å². The molecule has 4 rings (SSSR count). The first-order valence-electron chi connectivity index (χ1n) is 7.52. The Hall–Kier alpha value is -2.60. The Morgan fingerprint density at radius 2 is 2.30 bits per heavy atom. The van der Waals surface area contributed by atoms with E-state index in [1.54, 1.807) is 0 Å². The zero-order valence-corrected chi connectivity index (χ0v) is 13.3. The molecule has 2 N–H and O–H groups in total. The maximum Gasteiger partial charge on any atom is 0.322 e. The molecule has 6 heteroatoms. The SMILES string of the molecule is O=C(Nc1cccs1)N1CC=C(c2c[nH]c3cccnc23)CC1. The summed E-state index contributed by atoms with van der Waals surface area (Å²) < 4.78 is 0. The number of pyridine rings is 1. The second kappa shape index (κ2) is 5.89. The van der Waals surface area contributed by atoms with Gasteiger partial charge in [0.15, 0.2) is 0 Å². The van der Waals surface area contributed by atoms with E-state index in [-0.39, 0.29) is 6.03 Å². The van der Waals surface area contributed by atoms with Gasteiger partial charge in [-0.25, -0.2) is 4.79 Å². The number of rotatable bonds is 2. The van der Waals surface area contributed by atoms with Gasteiger partial charge in [0.2, 0.25) is 0 Å². The third-order valence-electron chi connectivity index (χ3n) is 4.03. The molecule has 4 heterocycles. The topological polar surface area (TPSA) is 61.0 Å². The summed E-state index contributed by atoms with van der Waals surface area (Å²) in [5.74, 6) is 0. The fraction of sp³-hybridized carbons (Fsp3) is 0.176. The predicted molar refractivity (Wildman–Crippen MR) is 93.6 cm³/mol. The standard InChI is InChI=1S/C17H16N4OS/c22-17(20-15-4-2-10-23-15)21-8-5-12(6-9-21)13-11-19-14-3-1-7-18-16(13)14/h1-5,7,10-11,19H,6,8-9H2,(H,20,22). The molecular weight excluding hydrogens is 308 g/mol. The Balaban J connectivity index is 1.49. The average Bonchev–Trinajstić information content (AvgIpc) is 3.24. The Morgan fingerprint density at radius 1 is 1.35 bits per heavy atom. The van der Waals surface area contributed by atoms with Gasteiger partial charge in [0.25, 0.3) is 0 Å². The summed E-state index contributed by atoms with van der Waals surface area (Å²) >= 11 is 1.53. The molecule has 0 bridgehead atoms. The second-order valence-corrected chi connectivity index (χ2v) is 6.38. The first kappa shape index (κ1) is 14.0. The number of H-pyrrole nitrogens is 1. The molecule has 3 aromatic heterocycles. The van der Waals surface area contributed by atoms with Crippen molar-refractivity contribution in [2.45, 2.75) is 6.42 Å². The van der Waals surface area contributed by atoms with Crippen molar-refractivity contribution < 1.29 is 4.79 Å². The molecule has 0 aliphatic carbocycles. The molecule has 5 nitrogen and oxygen atoms in total. The molecule has 0 aromatic carbocycles. The van der Waals surface area contributed by atoms with E-state index < -0.39 is 0 Å². The highest BCUT2D eigenvalue weighted by atomic mass is 32.1. The minimum absolute atomic E-state index is 0.0419. The Kier molecular flexibility index (Phi) is 3.59. The highest BCUT2D eigenvalue weighted by molar-refractivity contribution is 7.14. The first-order chi connectivity index (χ1) is 11.3. The number of fused-ring (bicyclic) bond motifs is 1. The van der Waals surface area contributed by atoms with Gasteiger partial charge in [-0.1, -0.05) is 6.08 Å². The van der Waals surface area contributed by atoms with Crippen molar-refractivity contribution >= 4 is 39.0 Å². The lowest BCUT2D eigenvalue weighted by molar-refractivity contribution is 0.217. The smallest absolute Gasteiger partial charge is 0.322 e. The third-order valence-corrected chi connectivity index (χ3v) is 4.81. The van der Waals surface area contributed by atoms with E-state index in [2.05, 4.69) is 21.4 Å². The zero-order chi connectivity index (χ0) is 15.6. The van der Waals surface area contributed by atoms with Crippen LogP contribution in [0.3, 0.4) is 0 Å². The monoisotopic (exact) mass is 324 g/mol. The Bertz CT molecular complexity index is 866. The van der Waals surface area contributed by atoms with Crippen molar-refractivity contribution in [3.8, 4) is 0 Å². The molecule has 0 radical (unpaired) electrons. The van der Waals surface area contributed by atoms with E-state index in [4.69, 9.17) is 0 Å². The molecule has 1 aliphatic rings. The number of aromatic amines is 1. The van der Waals surface area contributed by atoms with Gasteiger partial charge in [-0.2, -0.15) is 0 Å². The summed E-state index contributed by atoms with van der Waals surface area (Å²) in [6, 6.07) is 7.74. The van der Waals surface area contributed by atoms with Crippen LogP contribution in [-0.4, -0.2) is 34.0 Å². The predicted octanol–water partition coefficient (Wildman–Crippen LogP) is 3.95. The quantitative estimate of drug-likeness (QED) is 0.750. The molecule has 0 spiro atoms. The Labute approximate surface area is 137 Å². The molecule has 3 aromatic rings. The van der Waals surface area contributed by atoms with E-state index in [0.29, 0.717) is 13.1 Å². The summed E-state index contributed by atoms with van der Waals surface area (Å²) in [5, 5.41) is 5.76. The van der Waals surface area contributed by atoms with Crippen LogP contribution in [0.4, 0.5) is 9.80 Å². The van der Waals surface area contributed by atoms with Crippen LogP contribution in [0.5, 0.6) is 0 Å². The van der Waals surface area contributed by atoms with E-state index in [0.717, 1.165) is 28.0 Å². The number of amides is 2. The van der Waals surface area contributed by atoms with Crippen LogP contribution in [0.25, 0.3) is 16.6 Å². The summed E-state index contributed by atoms with van der Waals surface area (Å²) in [6.45, 7) is 1.33. The minimum Gasteiger partial charge on any atom is -0.359 e. The number of hydrogen-bond acceptors (Lipinski definition) is 3. The zero-order valence-electron chi connectivity index (χ0n) is 12.5. The van der Waals surface area contributed by atoms with Crippen LogP contribution in [0.1, 0.15) is 12.0 Å². The van der Waals surface area contributed by atoms with Crippen molar-refractivity contribution in [2.75, 3.05) is 18.4 Å². The van der Waals surface area contributed by atoms with E-state index in [1.165, 1.54) is 16.9 Å². The van der Waals surface area contributed by atoms with Crippen LogP contribution in [0, 0.1) is 0 Å².